The second-order valence-corrected chi connectivity index (χ2v) is 10.5. The van der Waals surface area contributed by atoms with E-state index in [0.717, 1.165) is 28.7 Å². The highest BCUT2D eigenvalue weighted by atomic mass is 35.5. The molecule has 3 aromatic rings. The first kappa shape index (κ1) is 26.0. The quantitative estimate of drug-likeness (QED) is 0.403. The Hall–Kier alpha value is -3.10. The number of hydrogen-bond acceptors (Lipinski definition) is 6. The van der Waals surface area contributed by atoms with Gasteiger partial charge < -0.3 is 10.1 Å². The summed E-state index contributed by atoms with van der Waals surface area (Å²) in [5.41, 5.74) is 0.180. The lowest BCUT2D eigenvalue weighted by Gasteiger charge is -2.23. The summed E-state index contributed by atoms with van der Waals surface area (Å²) in [5.74, 6) is 0.905. The molecule has 10 heteroatoms. The first-order chi connectivity index (χ1) is 16.9. The number of carbonyl (C=O) groups is 1. The maximum Gasteiger partial charge on any atom is 0.349 e. The van der Waals surface area contributed by atoms with E-state index in [1.54, 1.807) is 6.07 Å². The van der Waals surface area contributed by atoms with E-state index in [0.29, 0.717) is 12.2 Å². The van der Waals surface area contributed by atoms with Crippen LogP contribution in [0.2, 0.25) is 10.0 Å². The smallest absolute Gasteiger partial charge is 0.349 e. The zero-order valence-electron chi connectivity index (χ0n) is 20.8. The lowest BCUT2D eigenvalue weighted by Crippen LogP contribution is -2.32. The van der Waals surface area contributed by atoms with Gasteiger partial charge in [-0.25, -0.2) is 4.79 Å². The van der Waals surface area contributed by atoms with Crippen molar-refractivity contribution in [3.05, 3.63) is 72.3 Å². The van der Waals surface area contributed by atoms with Crippen LogP contribution in [0.4, 0.5) is 5.82 Å². The van der Waals surface area contributed by atoms with Crippen LogP contribution in [0.5, 0.6) is 11.5 Å². The predicted octanol–water partition coefficient (Wildman–Crippen LogP) is 5.41. The third-order valence-electron chi connectivity index (χ3n) is 6.87. The third kappa shape index (κ3) is 4.33. The van der Waals surface area contributed by atoms with Gasteiger partial charge in [-0.15, -0.1) is 5.10 Å². The monoisotopic (exact) mass is 530 g/mol. The van der Waals surface area contributed by atoms with E-state index in [1.165, 1.54) is 19.2 Å². The second-order valence-electron chi connectivity index (χ2n) is 9.73. The number of anilines is 1. The van der Waals surface area contributed by atoms with Crippen LogP contribution >= 0.6 is 23.2 Å². The van der Waals surface area contributed by atoms with Crippen LogP contribution in [0.15, 0.2) is 39.9 Å². The Kier molecular flexibility index (Phi) is 6.79. The standard InChI is InChI=1S/C26H28Cl2N4O4/c1-6-7-20(33)26(13-25(26,3)4)17-12-16(9-8-14(17)2)36-21-18(27)10-15(11-19(21)28)32-24(35)30-23(34)22(29-5)31-32/h8-12H,6-7,13H2,1-5H3,(H,29,31)(H,30,34,35). The summed E-state index contributed by atoms with van der Waals surface area (Å²) >= 11 is 13.0. The highest BCUT2D eigenvalue weighted by Crippen LogP contribution is 2.66. The number of H-pyrrole nitrogens is 1. The van der Waals surface area contributed by atoms with Crippen molar-refractivity contribution in [1.82, 2.24) is 14.8 Å². The first-order valence-corrected chi connectivity index (χ1v) is 12.4. The van der Waals surface area contributed by atoms with Crippen LogP contribution in [-0.4, -0.2) is 27.6 Å². The number of ketones is 1. The molecule has 1 saturated carbocycles. The van der Waals surface area contributed by atoms with Gasteiger partial charge in [0, 0.05) is 13.5 Å². The molecule has 0 amide bonds. The number of halogens is 2. The number of carbonyl (C=O) groups excluding carboxylic acids is 1. The number of hydrogen-bond donors (Lipinski definition) is 2. The topological polar surface area (TPSA) is 106 Å². The van der Waals surface area contributed by atoms with Crippen molar-refractivity contribution in [2.75, 3.05) is 12.4 Å². The minimum absolute atomic E-state index is 0.0381. The number of aromatic amines is 1. The minimum atomic E-state index is -0.739. The fourth-order valence-electron chi connectivity index (χ4n) is 4.89. The molecule has 1 atom stereocenters. The van der Waals surface area contributed by atoms with Gasteiger partial charge in [-0.3, -0.25) is 14.6 Å². The average molecular weight is 531 g/mol. The number of nitrogens with zero attached hydrogens (tertiary/aromatic N) is 2. The molecule has 0 saturated heterocycles. The Morgan fingerprint density at radius 3 is 2.39 bits per heavy atom. The normalized spacial score (nSPS) is 18.1. The van der Waals surface area contributed by atoms with Gasteiger partial charge >= 0.3 is 5.69 Å². The SMILES string of the molecule is CCCC(=O)C1(c2cc(Oc3c(Cl)cc(-n4nc(NC)c(=O)[nH]c4=O)cc3Cl)ccc2C)CC1(C)C. The van der Waals surface area contributed by atoms with E-state index in [-0.39, 0.29) is 38.5 Å². The summed E-state index contributed by atoms with van der Waals surface area (Å²) in [4.78, 5) is 39.5. The Morgan fingerprint density at radius 1 is 1.19 bits per heavy atom. The van der Waals surface area contributed by atoms with Crippen molar-refractivity contribution < 1.29 is 9.53 Å². The number of rotatable bonds is 8. The minimum Gasteiger partial charge on any atom is -0.454 e. The molecular weight excluding hydrogens is 503 g/mol. The molecule has 1 unspecified atom stereocenters. The largest absolute Gasteiger partial charge is 0.454 e. The zero-order valence-corrected chi connectivity index (χ0v) is 22.3. The van der Waals surface area contributed by atoms with Gasteiger partial charge in [-0.1, -0.05) is 50.0 Å². The van der Waals surface area contributed by atoms with E-state index in [2.05, 4.69) is 29.2 Å². The zero-order chi connectivity index (χ0) is 26.4. The van der Waals surface area contributed by atoms with Crippen molar-refractivity contribution in [2.24, 2.45) is 5.41 Å². The molecule has 1 aliphatic rings. The number of aromatic nitrogens is 3. The van der Waals surface area contributed by atoms with Crippen LogP contribution in [0.3, 0.4) is 0 Å². The molecule has 0 aliphatic heterocycles. The van der Waals surface area contributed by atoms with Crippen LogP contribution < -0.4 is 21.3 Å². The average Bonchev–Trinajstić information content (AvgIpc) is 3.40. The van der Waals surface area contributed by atoms with Crippen LogP contribution in [0, 0.1) is 12.3 Å². The van der Waals surface area contributed by atoms with Gasteiger partial charge in [-0.2, -0.15) is 4.68 Å². The molecule has 1 fully saturated rings. The molecule has 4 rings (SSSR count). The molecule has 0 spiro atoms. The number of nitrogens with one attached hydrogen (secondary N) is 2. The molecule has 36 heavy (non-hydrogen) atoms. The van der Waals surface area contributed by atoms with Crippen molar-refractivity contribution in [3.63, 3.8) is 0 Å². The Labute approximate surface area is 218 Å². The Bertz CT molecular complexity index is 1450. The molecule has 1 aromatic heterocycles. The van der Waals surface area contributed by atoms with E-state index >= 15 is 0 Å². The van der Waals surface area contributed by atoms with Crippen LogP contribution in [0.25, 0.3) is 5.69 Å². The van der Waals surface area contributed by atoms with E-state index in [1.807, 2.05) is 26.0 Å². The molecule has 1 aliphatic carbocycles. The van der Waals surface area contributed by atoms with E-state index in [9.17, 15) is 14.4 Å². The van der Waals surface area contributed by atoms with Gasteiger partial charge in [0.25, 0.3) is 5.56 Å². The predicted molar refractivity (Wildman–Crippen MR) is 141 cm³/mol. The maximum atomic E-state index is 13.2. The molecular formula is C26H28Cl2N4O4. The summed E-state index contributed by atoms with van der Waals surface area (Å²) in [6, 6.07) is 8.57. The highest BCUT2D eigenvalue weighted by Gasteiger charge is 2.66. The number of ether oxygens (including phenoxy) is 1. The molecule has 0 bridgehead atoms. The van der Waals surface area contributed by atoms with Crippen molar-refractivity contribution in [2.45, 2.75) is 52.4 Å². The summed E-state index contributed by atoms with van der Waals surface area (Å²) in [5, 5.41) is 6.94. The molecule has 2 aromatic carbocycles. The maximum absolute atomic E-state index is 13.2. The Balaban J connectivity index is 1.72. The lowest BCUT2D eigenvalue weighted by molar-refractivity contribution is -0.122. The van der Waals surface area contributed by atoms with Crippen LogP contribution in [0.1, 0.15) is 51.2 Å². The molecule has 8 nitrogen and oxygen atoms in total. The van der Waals surface area contributed by atoms with Crippen molar-refractivity contribution >= 4 is 34.8 Å². The van der Waals surface area contributed by atoms with Gasteiger partial charge in [0.1, 0.15) is 11.5 Å². The van der Waals surface area contributed by atoms with Gasteiger partial charge in [0.2, 0.25) is 5.82 Å². The summed E-state index contributed by atoms with van der Waals surface area (Å²) in [7, 11) is 1.52. The summed E-state index contributed by atoms with van der Waals surface area (Å²) < 4.78 is 7.08. The third-order valence-corrected chi connectivity index (χ3v) is 7.43. The highest BCUT2D eigenvalue weighted by molar-refractivity contribution is 6.37. The van der Waals surface area contributed by atoms with Gasteiger partial charge in [-0.05, 0) is 60.6 Å². The number of Topliss-reactive ketones (excluding diaryl/α,β-unsaturated/α-hetero) is 1. The number of aryl methyl sites for hydroxylation is 1. The summed E-state index contributed by atoms with van der Waals surface area (Å²) in [6.45, 7) is 8.24. The fourth-order valence-corrected chi connectivity index (χ4v) is 5.45. The Morgan fingerprint density at radius 2 is 1.83 bits per heavy atom. The molecule has 190 valence electrons. The van der Waals surface area contributed by atoms with Gasteiger partial charge in [0.15, 0.2) is 5.75 Å². The number of benzene rings is 2. The summed E-state index contributed by atoms with van der Waals surface area (Å²) in [6.07, 6.45) is 2.11. The molecule has 2 N–H and O–H groups in total. The van der Waals surface area contributed by atoms with Gasteiger partial charge in [0.05, 0.1) is 21.1 Å². The van der Waals surface area contributed by atoms with Crippen molar-refractivity contribution in [1.29, 1.82) is 0 Å². The second kappa shape index (κ2) is 9.41. The molecule has 1 heterocycles. The lowest BCUT2D eigenvalue weighted by atomic mass is 9.80. The molecule has 0 radical (unpaired) electrons. The van der Waals surface area contributed by atoms with E-state index < -0.39 is 16.7 Å². The fraction of sp³-hybridized carbons (Fsp3) is 0.385. The first-order valence-electron chi connectivity index (χ1n) is 11.7. The van der Waals surface area contributed by atoms with Crippen molar-refractivity contribution in [3.8, 4) is 17.2 Å². The van der Waals surface area contributed by atoms with E-state index in [4.69, 9.17) is 27.9 Å². The van der Waals surface area contributed by atoms with Crippen LogP contribution in [-0.2, 0) is 10.2 Å².